The summed E-state index contributed by atoms with van der Waals surface area (Å²) >= 11 is 0. The lowest BCUT2D eigenvalue weighted by atomic mass is 10.1. The summed E-state index contributed by atoms with van der Waals surface area (Å²) in [5.74, 6) is 0. The normalized spacial score (nSPS) is 24.5. The molecule has 1 heterocycles. The van der Waals surface area contributed by atoms with Crippen molar-refractivity contribution in [2.45, 2.75) is 102 Å². The van der Waals surface area contributed by atoms with Crippen LogP contribution in [0.15, 0.2) is 12.2 Å². The van der Waals surface area contributed by atoms with Crippen molar-refractivity contribution in [1.29, 1.82) is 0 Å². The van der Waals surface area contributed by atoms with Gasteiger partial charge in [-0.25, -0.2) is 0 Å². The predicted molar refractivity (Wildman–Crippen MR) is 104 cm³/mol. The van der Waals surface area contributed by atoms with Gasteiger partial charge in [-0.2, -0.15) is 0 Å². The lowest BCUT2D eigenvalue weighted by Crippen LogP contribution is -2.42. The third-order valence-corrected chi connectivity index (χ3v) is 4.96. The number of unbranched alkanes of at least 4 members (excludes halogenated alkanes) is 9. The Bertz CT molecular complexity index is 347. The highest BCUT2D eigenvalue weighted by atomic mass is 16.6. The number of hydrogen-bond donors (Lipinski definition) is 3. The largest absolute Gasteiger partial charge is 0.394 e. The van der Waals surface area contributed by atoms with Crippen molar-refractivity contribution < 1.29 is 24.8 Å². The van der Waals surface area contributed by atoms with E-state index in [4.69, 9.17) is 9.47 Å². The van der Waals surface area contributed by atoms with Gasteiger partial charge in [-0.15, -0.1) is 0 Å². The van der Waals surface area contributed by atoms with E-state index in [-0.39, 0.29) is 13.2 Å². The summed E-state index contributed by atoms with van der Waals surface area (Å²) in [6, 6.07) is 0. The van der Waals surface area contributed by atoms with Crippen molar-refractivity contribution in [2.75, 3.05) is 19.8 Å². The van der Waals surface area contributed by atoms with E-state index in [1.807, 2.05) is 0 Å². The van der Waals surface area contributed by atoms with Gasteiger partial charge < -0.3 is 24.8 Å². The number of rotatable bonds is 16. The third-order valence-electron chi connectivity index (χ3n) is 4.96. The molecule has 0 amide bonds. The Morgan fingerprint density at radius 2 is 1.58 bits per heavy atom. The Hall–Kier alpha value is -0.460. The molecule has 0 spiro atoms. The summed E-state index contributed by atoms with van der Waals surface area (Å²) in [5, 5.41) is 28.7. The molecule has 0 radical (unpaired) electrons. The van der Waals surface area contributed by atoms with Crippen LogP contribution < -0.4 is 0 Å². The minimum atomic E-state index is -0.978. The standard InChI is InChI=1S/C21H40O5/c1-2-3-4-5-6-7-8-9-10-11-12-13-14-15-25-19(16-22)21-20(24)18(23)17-26-21/h4-5,18-24H,2-3,6-17H2,1H3/b5-4+/t18-,19+,20-,21-/m1/s1. The summed E-state index contributed by atoms with van der Waals surface area (Å²) < 4.78 is 11.0. The monoisotopic (exact) mass is 372 g/mol. The second-order valence-electron chi connectivity index (χ2n) is 7.32. The molecule has 0 aromatic heterocycles. The molecule has 1 fully saturated rings. The first-order valence-corrected chi connectivity index (χ1v) is 10.6. The highest BCUT2D eigenvalue weighted by Crippen LogP contribution is 2.20. The van der Waals surface area contributed by atoms with Gasteiger partial charge in [-0.3, -0.25) is 0 Å². The smallest absolute Gasteiger partial charge is 0.114 e. The molecule has 5 heteroatoms. The van der Waals surface area contributed by atoms with Gasteiger partial charge in [0.25, 0.3) is 0 Å². The van der Waals surface area contributed by atoms with E-state index in [1.165, 1.54) is 57.8 Å². The SMILES string of the molecule is CCC/C=C/CCCCCCCCCCO[C@@H](CO)[C@H]1OC[C@@H](O)[C@H]1O. The van der Waals surface area contributed by atoms with Gasteiger partial charge in [0.15, 0.2) is 0 Å². The molecule has 0 saturated carbocycles. The molecule has 0 unspecified atom stereocenters. The van der Waals surface area contributed by atoms with Gasteiger partial charge >= 0.3 is 0 Å². The lowest BCUT2D eigenvalue weighted by molar-refractivity contribution is -0.101. The highest BCUT2D eigenvalue weighted by Gasteiger charge is 2.40. The molecule has 1 rings (SSSR count). The Kier molecular flexibility index (Phi) is 14.1. The van der Waals surface area contributed by atoms with E-state index in [9.17, 15) is 15.3 Å². The van der Waals surface area contributed by atoms with Gasteiger partial charge in [-0.05, 0) is 25.7 Å². The Labute approximate surface area is 159 Å². The molecule has 5 nitrogen and oxygen atoms in total. The molecule has 0 aliphatic carbocycles. The zero-order valence-electron chi connectivity index (χ0n) is 16.5. The summed E-state index contributed by atoms with van der Waals surface area (Å²) in [4.78, 5) is 0. The molecule has 3 N–H and O–H groups in total. The van der Waals surface area contributed by atoms with Crippen molar-refractivity contribution in [3.05, 3.63) is 12.2 Å². The van der Waals surface area contributed by atoms with Crippen molar-refractivity contribution in [1.82, 2.24) is 0 Å². The zero-order chi connectivity index (χ0) is 19.0. The predicted octanol–water partition coefficient (Wildman–Crippen LogP) is 3.35. The fourth-order valence-electron chi connectivity index (χ4n) is 3.27. The second kappa shape index (κ2) is 15.6. The summed E-state index contributed by atoms with van der Waals surface area (Å²) in [6.45, 7) is 2.65. The number of ether oxygens (including phenoxy) is 2. The van der Waals surface area contributed by atoms with Gasteiger partial charge in [0.2, 0.25) is 0 Å². The Morgan fingerprint density at radius 1 is 0.962 bits per heavy atom. The first-order valence-electron chi connectivity index (χ1n) is 10.6. The first kappa shape index (κ1) is 23.6. The van der Waals surface area contributed by atoms with E-state index < -0.39 is 24.4 Å². The quantitative estimate of drug-likeness (QED) is 0.286. The number of aliphatic hydroxyl groups excluding tert-OH is 3. The van der Waals surface area contributed by atoms with Crippen LogP contribution in [0.4, 0.5) is 0 Å². The van der Waals surface area contributed by atoms with Crippen molar-refractivity contribution in [2.24, 2.45) is 0 Å². The summed E-state index contributed by atoms with van der Waals surface area (Å²) in [7, 11) is 0. The number of hydrogen-bond acceptors (Lipinski definition) is 5. The summed E-state index contributed by atoms with van der Waals surface area (Å²) in [6.07, 6.45) is 15.0. The van der Waals surface area contributed by atoms with Gasteiger partial charge in [-0.1, -0.05) is 64.0 Å². The van der Waals surface area contributed by atoms with E-state index in [2.05, 4.69) is 19.1 Å². The molecule has 1 aliphatic rings. The third kappa shape index (κ3) is 10.0. The molecular formula is C21H40O5. The minimum Gasteiger partial charge on any atom is -0.394 e. The fourth-order valence-corrected chi connectivity index (χ4v) is 3.27. The van der Waals surface area contributed by atoms with Crippen LogP contribution in [0.5, 0.6) is 0 Å². The number of aliphatic hydroxyl groups is 3. The highest BCUT2D eigenvalue weighted by molar-refractivity contribution is 4.88. The van der Waals surface area contributed by atoms with Crippen LogP contribution >= 0.6 is 0 Å². The molecule has 4 atom stereocenters. The summed E-state index contributed by atoms with van der Waals surface area (Å²) in [5.41, 5.74) is 0. The topological polar surface area (TPSA) is 79.2 Å². The first-order chi connectivity index (χ1) is 12.7. The maximum atomic E-state index is 9.80. The van der Waals surface area contributed by atoms with Crippen LogP contribution in [0.3, 0.4) is 0 Å². The van der Waals surface area contributed by atoms with Gasteiger partial charge in [0, 0.05) is 6.61 Å². The molecule has 1 saturated heterocycles. The minimum absolute atomic E-state index is 0.0979. The molecular weight excluding hydrogens is 332 g/mol. The van der Waals surface area contributed by atoms with Crippen LogP contribution in [0.2, 0.25) is 0 Å². The van der Waals surface area contributed by atoms with Crippen LogP contribution in [-0.2, 0) is 9.47 Å². The van der Waals surface area contributed by atoms with E-state index in [1.54, 1.807) is 0 Å². The van der Waals surface area contributed by atoms with E-state index in [0.717, 1.165) is 12.8 Å². The average Bonchev–Trinajstić information content (AvgIpc) is 2.98. The van der Waals surface area contributed by atoms with E-state index >= 15 is 0 Å². The van der Waals surface area contributed by atoms with Crippen LogP contribution in [0.25, 0.3) is 0 Å². The Balaban J connectivity index is 1.89. The lowest BCUT2D eigenvalue weighted by Gasteiger charge is -2.24. The molecule has 1 aliphatic heterocycles. The molecule has 0 bridgehead atoms. The van der Waals surface area contributed by atoms with Crippen LogP contribution in [-0.4, -0.2) is 59.6 Å². The van der Waals surface area contributed by atoms with Crippen LogP contribution in [0, 0.1) is 0 Å². The molecule has 0 aromatic rings. The van der Waals surface area contributed by atoms with E-state index in [0.29, 0.717) is 6.61 Å². The van der Waals surface area contributed by atoms with Crippen molar-refractivity contribution >= 4 is 0 Å². The molecule has 154 valence electrons. The van der Waals surface area contributed by atoms with Crippen molar-refractivity contribution in [3.63, 3.8) is 0 Å². The van der Waals surface area contributed by atoms with Gasteiger partial charge in [0.1, 0.15) is 24.4 Å². The average molecular weight is 373 g/mol. The molecule has 26 heavy (non-hydrogen) atoms. The maximum Gasteiger partial charge on any atom is 0.114 e. The molecule has 0 aromatic carbocycles. The number of allylic oxidation sites excluding steroid dienone is 2. The maximum absolute atomic E-state index is 9.80. The Morgan fingerprint density at radius 3 is 2.15 bits per heavy atom. The van der Waals surface area contributed by atoms with Crippen LogP contribution in [0.1, 0.15) is 77.6 Å². The fraction of sp³-hybridized carbons (Fsp3) is 0.905. The van der Waals surface area contributed by atoms with Gasteiger partial charge in [0.05, 0.1) is 13.2 Å². The second-order valence-corrected chi connectivity index (χ2v) is 7.32. The zero-order valence-corrected chi connectivity index (χ0v) is 16.5. The van der Waals surface area contributed by atoms with Crippen molar-refractivity contribution in [3.8, 4) is 0 Å².